The summed E-state index contributed by atoms with van der Waals surface area (Å²) in [6.45, 7) is 1.71. The summed E-state index contributed by atoms with van der Waals surface area (Å²) in [7, 11) is -3.84. The Morgan fingerprint density at radius 2 is 2.17 bits per heavy atom. The van der Waals surface area contributed by atoms with E-state index in [4.69, 9.17) is 4.52 Å². The Morgan fingerprint density at radius 3 is 2.91 bits per heavy atom. The number of nitrogens with one attached hydrogen (secondary N) is 1. The average molecular weight is 352 g/mol. The first-order valence-corrected chi connectivity index (χ1v) is 8.97. The van der Waals surface area contributed by atoms with Crippen LogP contribution in [-0.4, -0.2) is 28.2 Å². The molecular formula is C13H12N4O4S2. The summed E-state index contributed by atoms with van der Waals surface area (Å²) in [6.07, 6.45) is -0.192. The van der Waals surface area contributed by atoms with Gasteiger partial charge in [-0.05, 0) is 18.6 Å². The number of hydrogen-bond acceptors (Lipinski definition) is 8. The number of sulfonamides is 1. The molecule has 0 radical (unpaired) electrons. The molecule has 0 aliphatic carbocycles. The molecule has 0 fully saturated rings. The maximum Gasteiger partial charge on any atom is 0.241 e. The van der Waals surface area contributed by atoms with Crippen LogP contribution in [0.4, 0.5) is 0 Å². The number of carbonyl (C=O) groups is 1. The van der Waals surface area contributed by atoms with Gasteiger partial charge < -0.3 is 4.52 Å². The van der Waals surface area contributed by atoms with Crippen LogP contribution in [0, 0.1) is 6.92 Å². The van der Waals surface area contributed by atoms with Crippen LogP contribution in [0.25, 0.3) is 11.0 Å². The van der Waals surface area contributed by atoms with E-state index in [1.807, 2.05) is 4.72 Å². The Labute approximate surface area is 135 Å². The fourth-order valence-corrected chi connectivity index (χ4v) is 3.79. The second kappa shape index (κ2) is 6.05. The zero-order valence-corrected chi connectivity index (χ0v) is 13.6. The van der Waals surface area contributed by atoms with Crippen LogP contribution in [0.15, 0.2) is 28.8 Å². The van der Waals surface area contributed by atoms with Crippen molar-refractivity contribution in [3.63, 3.8) is 0 Å². The molecule has 1 amide bonds. The van der Waals surface area contributed by atoms with Gasteiger partial charge in [-0.2, -0.15) is 8.75 Å². The van der Waals surface area contributed by atoms with E-state index >= 15 is 0 Å². The smallest absolute Gasteiger partial charge is 0.241 e. The number of rotatable bonds is 5. The van der Waals surface area contributed by atoms with Crippen LogP contribution in [0.3, 0.4) is 0 Å². The SMILES string of the molecule is Cc1cc(CC(=O)NS(=O)(=O)Cc2cccc3nsnc23)on1. The molecule has 0 saturated carbocycles. The Balaban J connectivity index is 1.71. The molecule has 0 saturated heterocycles. The van der Waals surface area contributed by atoms with E-state index < -0.39 is 15.9 Å². The molecule has 0 unspecified atom stereocenters. The van der Waals surface area contributed by atoms with Gasteiger partial charge >= 0.3 is 0 Å². The maximum absolute atomic E-state index is 12.1. The minimum Gasteiger partial charge on any atom is -0.361 e. The predicted octanol–water partition coefficient (Wildman–Crippen LogP) is 1.18. The minimum absolute atomic E-state index is 0.192. The van der Waals surface area contributed by atoms with Gasteiger partial charge in [-0.15, -0.1) is 0 Å². The largest absolute Gasteiger partial charge is 0.361 e. The predicted molar refractivity (Wildman–Crippen MR) is 83.1 cm³/mol. The van der Waals surface area contributed by atoms with Gasteiger partial charge in [-0.3, -0.25) is 9.52 Å². The van der Waals surface area contributed by atoms with E-state index in [9.17, 15) is 13.2 Å². The topological polar surface area (TPSA) is 115 Å². The standard InChI is InChI=1S/C13H12N4O4S2/c1-8-5-10(21-14-8)6-12(18)17-23(19,20)7-9-3-2-4-11-13(9)16-22-15-11/h2-5H,6-7H2,1H3,(H,17,18). The van der Waals surface area contributed by atoms with E-state index in [0.717, 1.165) is 11.7 Å². The van der Waals surface area contributed by atoms with E-state index in [2.05, 4.69) is 13.9 Å². The number of nitrogens with zero attached hydrogens (tertiary/aromatic N) is 3. The van der Waals surface area contributed by atoms with Gasteiger partial charge in [0.25, 0.3) is 0 Å². The van der Waals surface area contributed by atoms with Crippen LogP contribution < -0.4 is 4.72 Å². The summed E-state index contributed by atoms with van der Waals surface area (Å²) in [4.78, 5) is 11.8. The summed E-state index contributed by atoms with van der Waals surface area (Å²) < 4.78 is 39.3. The van der Waals surface area contributed by atoms with Gasteiger partial charge in [0.05, 0.1) is 29.6 Å². The molecular weight excluding hydrogens is 340 g/mol. The van der Waals surface area contributed by atoms with Crippen LogP contribution in [0.1, 0.15) is 17.0 Å². The maximum atomic E-state index is 12.1. The Bertz CT molecular complexity index is 961. The molecule has 2 heterocycles. The van der Waals surface area contributed by atoms with Gasteiger partial charge in [0, 0.05) is 6.07 Å². The first kappa shape index (κ1) is 15.6. The lowest BCUT2D eigenvalue weighted by Gasteiger charge is -2.06. The molecule has 0 atom stereocenters. The lowest BCUT2D eigenvalue weighted by Crippen LogP contribution is -2.32. The normalized spacial score (nSPS) is 11.7. The highest BCUT2D eigenvalue weighted by molar-refractivity contribution is 7.89. The summed E-state index contributed by atoms with van der Waals surface area (Å²) in [6, 6.07) is 6.68. The zero-order valence-electron chi connectivity index (χ0n) is 12.0. The van der Waals surface area contributed by atoms with Gasteiger partial charge in [0.1, 0.15) is 16.8 Å². The number of amides is 1. The monoisotopic (exact) mass is 352 g/mol. The molecule has 0 aliphatic heterocycles. The van der Waals surface area contributed by atoms with E-state index in [1.165, 1.54) is 0 Å². The van der Waals surface area contributed by atoms with Crippen LogP contribution in [-0.2, 0) is 27.0 Å². The second-order valence-corrected chi connectivity index (χ2v) is 7.20. The van der Waals surface area contributed by atoms with Crippen molar-refractivity contribution in [2.24, 2.45) is 0 Å². The number of hydrogen-bond donors (Lipinski definition) is 1. The van der Waals surface area contributed by atoms with Crippen molar-refractivity contribution in [1.82, 2.24) is 18.6 Å². The van der Waals surface area contributed by atoms with E-state index in [-0.39, 0.29) is 12.2 Å². The number of carbonyl (C=O) groups excluding carboxylic acids is 1. The van der Waals surface area contributed by atoms with Gasteiger partial charge in [0.15, 0.2) is 0 Å². The molecule has 0 aliphatic rings. The third-order valence-electron chi connectivity index (χ3n) is 3.00. The fourth-order valence-electron chi connectivity index (χ4n) is 2.09. The molecule has 1 N–H and O–H groups in total. The number of benzene rings is 1. The van der Waals surface area contributed by atoms with E-state index in [0.29, 0.717) is 28.1 Å². The highest BCUT2D eigenvalue weighted by Crippen LogP contribution is 2.18. The molecule has 3 aromatic rings. The number of aromatic nitrogens is 3. The molecule has 23 heavy (non-hydrogen) atoms. The number of aryl methyl sites for hydroxylation is 1. The van der Waals surface area contributed by atoms with Crippen molar-refractivity contribution >= 4 is 38.7 Å². The lowest BCUT2D eigenvalue weighted by molar-refractivity contribution is -0.119. The summed E-state index contributed by atoms with van der Waals surface area (Å²) in [5.74, 6) is -0.720. The Morgan fingerprint density at radius 1 is 1.35 bits per heavy atom. The van der Waals surface area contributed by atoms with Crippen molar-refractivity contribution in [3.05, 3.63) is 41.3 Å². The van der Waals surface area contributed by atoms with Crippen LogP contribution in [0.2, 0.25) is 0 Å². The molecule has 1 aromatic carbocycles. The van der Waals surface area contributed by atoms with Gasteiger partial charge in [-0.25, -0.2) is 8.42 Å². The zero-order chi connectivity index (χ0) is 16.4. The first-order chi connectivity index (χ1) is 10.9. The third-order valence-corrected chi connectivity index (χ3v) is 4.77. The van der Waals surface area contributed by atoms with Crippen molar-refractivity contribution in [2.45, 2.75) is 19.1 Å². The Hall–Kier alpha value is -2.33. The molecule has 120 valence electrons. The molecule has 0 spiro atoms. The molecule has 0 bridgehead atoms. The van der Waals surface area contributed by atoms with Crippen molar-refractivity contribution in [2.75, 3.05) is 0 Å². The quantitative estimate of drug-likeness (QED) is 0.733. The van der Waals surface area contributed by atoms with Crippen molar-refractivity contribution in [1.29, 1.82) is 0 Å². The molecule has 10 heteroatoms. The minimum atomic E-state index is -3.84. The second-order valence-electron chi connectivity index (χ2n) is 4.94. The third kappa shape index (κ3) is 3.71. The molecule has 2 aromatic heterocycles. The summed E-state index contributed by atoms with van der Waals surface area (Å²) in [5, 5.41) is 3.64. The first-order valence-electron chi connectivity index (χ1n) is 6.58. The van der Waals surface area contributed by atoms with Crippen molar-refractivity contribution < 1.29 is 17.7 Å². The van der Waals surface area contributed by atoms with Crippen LogP contribution >= 0.6 is 11.7 Å². The molecule has 3 rings (SSSR count). The highest BCUT2D eigenvalue weighted by atomic mass is 32.2. The summed E-state index contributed by atoms with van der Waals surface area (Å²) in [5.41, 5.74) is 2.28. The fraction of sp³-hybridized carbons (Fsp3) is 0.231. The highest BCUT2D eigenvalue weighted by Gasteiger charge is 2.19. The van der Waals surface area contributed by atoms with E-state index in [1.54, 1.807) is 31.2 Å². The van der Waals surface area contributed by atoms with Crippen LogP contribution in [0.5, 0.6) is 0 Å². The Kier molecular flexibility index (Phi) is 4.09. The molecule has 8 nitrogen and oxygen atoms in total. The van der Waals surface area contributed by atoms with Gasteiger partial charge in [0.2, 0.25) is 15.9 Å². The summed E-state index contributed by atoms with van der Waals surface area (Å²) >= 11 is 1.01. The average Bonchev–Trinajstić information content (AvgIpc) is 3.07. The van der Waals surface area contributed by atoms with Gasteiger partial charge in [-0.1, -0.05) is 17.3 Å². The number of fused-ring (bicyclic) bond motifs is 1. The lowest BCUT2D eigenvalue weighted by atomic mass is 10.2. The van der Waals surface area contributed by atoms with Crippen molar-refractivity contribution in [3.8, 4) is 0 Å².